The highest BCUT2D eigenvalue weighted by Crippen LogP contribution is 2.17. The van der Waals surface area contributed by atoms with Gasteiger partial charge in [-0.05, 0) is 25.1 Å². The summed E-state index contributed by atoms with van der Waals surface area (Å²) < 4.78 is 0.791. The Morgan fingerprint density at radius 2 is 2.27 bits per heavy atom. The Morgan fingerprint density at radius 1 is 1.60 bits per heavy atom. The summed E-state index contributed by atoms with van der Waals surface area (Å²) in [4.78, 5) is 11.7. The molecule has 1 amide bonds. The summed E-state index contributed by atoms with van der Waals surface area (Å²) in [5, 5.41) is 2.77. The smallest absolute Gasteiger partial charge is 0.251 e. The average Bonchev–Trinajstić information content (AvgIpc) is 2.16. The fourth-order valence-electron chi connectivity index (χ4n) is 1.09. The van der Waals surface area contributed by atoms with Crippen LogP contribution in [0.5, 0.6) is 0 Å². The summed E-state index contributed by atoms with van der Waals surface area (Å²) in [7, 11) is 0. The quantitative estimate of drug-likeness (QED) is 0.653. The third kappa shape index (κ3) is 3.40. The molecule has 1 aromatic rings. The van der Waals surface area contributed by atoms with Crippen LogP contribution in [0.3, 0.4) is 0 Å². The van der Waals surface area contributed by atoms with Gasteiger partial charge >= 0.3 is 0 Å². The van der Waals surface area contributed by atoms with Crippen molar-refractivity contribution in [2.24, 2.45) is 0 Å². The van der Waals surface area contributed by atoms with Crippen molar-refractivity contribution in [1.29, 1.82) is 0 Å². The van der Waals surface area contributed by atoms with E-state index in [1.54, 1.807) is 24.3 Å². The molecule has 3 N–H and O–H groups in total. The Balaban J connectivity index is 2.86. The van der Waals surface area contributed by atoms with E-state index < -0.39 is 0 Å². The molecule has 0 saturated heterocycles. The zero-order chi connectivity index (χ0) is 11.4. The molecule has 0 aliphatic carbocycles. The van der Waals surface area contributed by atoms with Crippen molar-refractivity contribution in [3.05, 3.63) is 40.9 Å². The van der Waals surface area contributed by atoms with Gasteiger partial charge in [0, 0.05) is 21.8 Å². The highest BCUT2D eigenvalue weighted by Gasteiger charge is 2.08. The summed E-state index contributed by atoms with van der Waals surface area (Å²) in [6, 6.07) is 5.04. The lowest BCUT2D eigenvalue weighted by Gasteiger charge is -2.09. The minimum absolute atomic E-state index is 0.0577. The number of nitrogens with one attached hydrogen (secondary N) is 1. The maximum absolute atomic E-state index is 11.7. The summed E-state index contributed by atoms with van der Waals surface area (Å²) in [6.07, 6.45) is 1.67. The molecule has 1 aromatic carbocycles. The number of hydrogen-bond acceptors (Lipinski definition) is 2. The number of nitrogens with two attached hydrogens (primary N) is 1. The monoisotopic (exact) mass is 268 g/mol. The lowest BCUT2D eigenvalue weighted by atomic mass is 10.2. The predicted molar refractivity (Wildman–Crippen MR) is 65.7 cm³/mol. The van der Waals surface area contributed by atoms with E-state index in [4.69, 9.17) is 5.73 Å². The molecule has 1 unspecified atom stereocenters. The van der Waals surface area contributed by atoms with Crippen molar-refractivity contribution < 1.29 is 4.79 Å². The molecule has 15 heavy (non-hydrogen) atoms. The van der Waals surface area contributed by atoms with Gasteiger partial charge in [0.15, 0.2) is 0 Å². The Hall–Kier alpha value is -1.29. The number of amides is 1. The SMILES string of the molecule is C=CC(C)NC(=O)c1cc(N)cc(Br)c1. The van der Waals surface area contributed by atoms with Gasteiger partial charge in [-0.1, -0.05) is 22.0 Å². The molecule has 4 heteroatoms. The summed E-state index contributed by atoms with van der Waals surface area (Å²) in [6.45, 7) is 5.45. The topological polar surface area (TPSA) is 55.1 Å². The van der Waals surface area contributed by atoms with Crippen LogP contribution in [-0.2, 0) is 0 Å². The number of carbonyl (C=O) groups is 1. The van der Waals surface area contributed by atoms with Gasteiger partial charge in [0.2, 0.25) is 0 Å². The van der Waals surface area contributed by atoms with E-state index in [1.165, 1.54) is 0 Å². The minimum atomic E-state index is -0.157. The van der Waals surface area contributed by atoms with Crippen LogP contribution in [-0.4, -0.2) is 11.9 Å². The fourth-order valence-corrected chi connectivity index (χ4v) is 1.60. The molecule has 0 spiro atoms. The van der Waals surface area contributed by atoms with Crippen LogP contribution in [0.25, 0.3) is 0 Å². The van der Waals surface area contributed by atoms with E-state index >= 15 is 0 Å². The van der Waals surface area contributed by atoms with Crippen molar-refractivity contribution in [1.82, 2.24) is 5.32 Å². The third-order valence-electron chi connectivity index (χ3n) is 1.89. The first-order chi connectivity index (χ1) is 7.02. The number of halogens is 1. The predicted octanol–water partition coefficient (Wildman–Crippen LogP) is 2.34. The van der Waals surface area contributed by atoms with Crippen LogP contribution in [0.1, 0.15) is 17.3 Å². The first-order valence-corrected chi connectivity index (χ1v) is 5.31. The summed E-state index contributed by atoms with van der Waals surface area (Å²) in [5.74, 6) is -0.157. The molecule has 0 radical (unpaired) electrons. The fraction of sp³-hybridized carbons (Fsp3) is 0.182. The van der Waals surface area contributed by atoms with Gasteiger partial charge in [0.05, 0.1) is 0 Å². The summed E-state index contributed by atoms with van der Waals surface area (Å²) >= 11 is 3.28. The van der Waals surface area contributed by atoms with Gasteiger partial charge in [-0.15, -0.1) is 6.58 Å². The average molecular weight is 269 g/mol. The van der Waals surface area contributed by atoms with Gasteiger partial charge in [0.25, 0.3) is 5.91 Å². The molecule has 0 fully saturated rings. The Bertz CT molecular complexity index is 370. The standard InChI is InChI=1S/C11H13BrN2O/c1-3-7(2)14-11(15)8-4-9(12)6-10(13)5-8/h3-7H,1,13H2,2H3,(H,14,15). The lowest BCUT2D eigenvalue weighted by Crippen LogP contribution is -2.30. The van der Waals surface area contributed by atoms with Crippen LogP contribution >= 0.6 is 15.9 Å². The minimum Gasteiger partial charge on any atom is -0.399 e. The first kappa shape index (κ1) is 11.8. The molecule has 0 aromatic heterocycles. The molecular weight excluding hydrogens is 256 g/mol. The van der Waals surface area contributed by atoms with Gasteiger partial charge in [0.1, 0.15) is 0 Å². The molecular formula is C11H13BrN2O. The first-order valence-electron chi connectivity index (χ1n) is 4.52. The van der Waals surface area contributed by atoms with E-state index in [9.17, 15) is 4.79 Å². The van der Waals surface area contributed by atoms with Crippen molar-refractivity contribution in [2.45, 2.75) is 13.0 Å². The van der Waals surface area contributed by atoms with Gasteiger partial charge in [-0.3, -0.25) is 4.79 Å². The Kier molecular flexibility index (Phi) is 3.91. The number of anilines is 1. The van der Waals surface area contributed by atoms with Gasteiger partial charge < -0.3 is 11.1 Å². The molecule has 1 atom stereocenters. The van der Waals surface area contributed by atoms with Crippen molar-refractivity contribution in [2.75, 3.05) is 5.73 Å². The maximum atomic E-state index is 11.7. The highest BCUT2D eigenvalue weighted by atomic mass is 79.9. The van der Waals surface area contributed by atoms with E-state index in [0.717, 1.165) is 4.47 Å². The normalized spacial score (nSPS) is 11.9. The molecule has 0 aliphatic heterocycles. The van der Waals surface area contributed by atoms with Crippen LogP contribution in [0.2, 0.25) is 0 Å². The lowest BCUT2D eigenvalue weighted by molar-refractivity contribution is 0.0947. The molecule has 80 valence electrons. The van der Waals surface area contributed by atoms with Crippen LogP contribution < -0.4 is 11.1 Å². The summed E-state index contributed by atoms with van der Waals surface area (Å²) in [5.41, 5.74) is 6.72. The van der Waals surface area contributed by atoms with Crippen LogP contribution in [0.15, 0.2) is 35.3 Å². The van der Waals surface area contributed by atoms with Crippen LogP contribution in [0.4, 0.5) is 5.69 Å². The molecule has 0 aliphatic rings. The van der Waals surface area contributed by atoms with E-state index in [-0.39, 0.29) is 11.9 Å². The second-order valence-electron chi connectivity index (χ2n) is 3.27. The number of hydrogen-bond donors (Lipinski definition) is 2. The van der Waals surface area contributed by atoms with E-state index in [0.29, 0.717) is 11.3 Å². The van der Waals surface area contributed by atoms with E-state index in [1.807, 2.05) is 6.92 Å². The second-order valence-corrected chi connectivity index (χ2v) is 4.19. The van der Waals surface area contributed by atoms with Crippen molar-refractivity contribution >= 4 is 27.5 Å². The zero-order valence-corrected chi connectivity index (χ0v) is 10.0. The Labute approximate surface area is 97.5 Å². The second kappa shape index (κ2) is 4.98. The largest absolute Gasteiger partial charge is 0.399 e. The van der Waals surface area contributed by atoms with Gasteiger partial charge in [-0.25, -0.2) is 0 Å². The number of rotatable bonds is 3. The highest BCUT2D eigenvalue weighted by molar-refractivity contribution is 9.10. The number of nitrogen functional groups attached to an aromatic ring is 1. The van der Waals surface area contributed by atoms with Gasteiger partial charge in [-0.2, -0.15) is 0 Å². The molecule has 0 heterocycles. The van der Waals surface area contributed by atoms with Crippen molar-refractivity contribution in [3.63, 3.8) is 0 Å². The Morgan fingerprint density at radius 3 is 2.80 bits per heavy atom. The zero-order valence-electron chi connectivity index (χ0n) is 8.46. The number of benzene rings is 1. The molecule has 1 rings (SSSR count). The molecule has 3 nitrogen and oxygen atoms in total. The van der Waals surface area contributed by atoms with E-state index in [2.05, 4.69) is 27.8 Å². The third-order valence-corrected chi connectivity index (χ3v) is 2.35. The molecule has 0 saturated carbocycles. The maximum Gasteiger partial charge on any atom is 0.251 e. The number of carbonyl (C=O) groups excluding carboxylic acids is 1. The van der Waals surface area contributed by atoms with Crippen molar-refractivity contribution in [3.8, 4) is 0 Å². The van der Waals surface area contributed by atoms with Crippen LogP contribution in [0, 0.1) is 0 Å². The molecule has 0 bridgehead atoms.